The molecule has 1 atom stereocenters. The van der Waals surface area contributed by atoms with Gasteiger partial charge >= 0.3 is 0 Å². The molecular formula is C19H16FN2O6-. The maximum absolute atomic E-state index is 13.1. The number of halogens is 1. The van der Waals surface area contributed by atoms with Crippen molar-refractivity contribution in [2.75, 3.05) is 4.90 Å². The number of imide groups is 1. The summed E-state index contributed by atoms with van der Waals surface area (Å²) < 4.78 is 18.3. The number of anilines is 1. The average molecular weight is 387 g/mol. The van der Waals surface area contributed by atoms with E-state index in [-0.39, 0.29) is 25.1 Å². The lowest BCUT2D eigenvalue weighted by Gasteiger charge is -2.27. The molecule has 28 heavy (non-hydrogen) atoms. The minimum Gasteiger partial charge on any atom is -0.550 e. The molecule has 1 fully saturated rings. The van der Waals surface area contributed by atoms with Crippen LogP contribution < -0.4 is 10.0 Å². The summed E-state index contributed by atoms with van der Waals surface area (Å²) in [6, 6.07) is 6.91. The van der Waals surface area contributed by atoms with Crippen LogP contribution in [0, 0.1) is 5.82 Å². The smallest absolute Gasteiger partial charge is 0.257 e. The second kappa shape index (κ2) is 8.03. The van der Waals surface area contributed by atoms with Gasteiger partial charge in [-0.2, -0.15) is 0 Å². The number of hydrogen-bond acceptors (Lipinski definition) is 6. The van der Waals surface area contributed by atoms with E-state index in [1.165, 1.54) is 18.4 Å². The van der Waals surface area contributed by atoms with Crippen molar-refractivity contribution in [3.05, 3.63) is 54.2 Å². The highest BCUT2D eigenvalue weighted by molar-refractivity contribution is 6.23. The molecule has 1 aliphatic rings. The summed E-state index contributed by atoms with van der Waals surface area (Å²) in [5.41, 5.74) is 0.194. The number of rotatable bonds is 7. The zero-order chi connectivity index (χ0) is 20.3. The lowest BCUT2D eigenvalue weighted by Crippen LogP contribution is -2.45. The summed E-state index contributed by atoms with van der Waals surface area (Å²) in [6.45, 7) is -0.0974. The highest BCUT2D eigenvalue weighted by atomic mass is 19.1. The van der Waals surface area contributed by atoms with Crippen molar-refractivity contribution in [2.45, 2.75) is 31.8 Å². The molecule has 1 aromatic heterocycles. The number of aliphatic carboxylic acids is 1. The number of benzene rings is 1. The number of carboxylic acid groups (broad SMARTS) is 1. The Labute approximate surface area is 159 Å². The second-order valence-electron chi connectivity index (χ2n) is 6.24. The molecule has 0 N–H and O–H groups in total. The van der Waals surface area contributed by atoms with Crippen LogP contribution in [0.5, 0.6) is 0 Å². The van der Waals surface area contributed by atoms with Gasteiger partial charge in [0.15, 0.2) is 0 Å². The number of furan rings is 1. The van der Waals surface area contributed by atoms with E-state index in [1.807, 2.05) is 0 Å². The first kappa shape index (κ1) is 19.3. The molecule has 8 nitrogen and oxygen atoms in total. The normalized spacial score (nSPS) is 16.5. The summed E-state index contributed by atoms with van der Waals surface area (Å²) in [4.78, 5) is 50.6. The van der Waals surface area contributed by atoms with Crippen molar-refractivity contribution < 1.29 is 33.1 Å². The van der Waals surface area contributed by atoms with Crippen molar-refractivity contribution in [2.24, 2.45) is 0 Å². The van der Waals surface area contributed by atoms with E-state index in [0.29, 0.717) is 5.76 Å². The maximum atomic E-state index is 13.1. The minimum atomic E-state index is -1.40. The fourth-order valence-electron chi connectivity index (χ4n) is 3.02. The molecular weight excluding hydrogens is 371 g/mol. The first-order valence-electron chi connectivity index (χ1n) is 8.51. The van der Waals surface area contributed by atoms with Crippen molar-refractivity contribution >= 4 is 29.4 Å². The van der Waals surface area contributed by atoms with Gasteiger partial charge in [-0.15, -0.1) is 0 Å². The van der Waals surface area contributed by atoms with Gasteiger partial charge in [-0.1, -0.05) is 0 Å². The van der Waals surface area contributed by atoms with Gasteiger partial charge < -0.3 is 19.2 Å². The standard InChI is InChI=1S/C19H17FN2O6/c20-12-3-5-13(6-4-12)22-17(24)10-15(19(22)27)21(11-14-2-1-9-28-14)16(23)7-8-18(25)26/h1-6,9,15H,7-8,10-11H2,(H,25,26)/p-1/t15-/m1/s1. The average Bonchev–Trinajstić information content (AvgIpc) is 3.26. The van der Waals surface area contributed by atoms with Gasteiger partial charge in [-0.3, -0.25) is 14.4 Å². The van der Waals surface area contributed by atoms with Crippen LogP contribution in [0.4, 0.5) is 10.1 Å². The lowest BCUT2D eigenvalue weighted by molar-refractivity contribution is -0.305. The van der Waals surface area contributed by atoms with Crippen LogP contribution in [0.1, 0.15) is 25.0 Å². The first-order chi connectivity index (χ1) is 13.4. The Morgan fingerprint density at radius 2 is 1.89 bits per heavy atom. The molecule has 2 heterocycles. The van der Waals surface area contributed by atoms with Gasteiger partial charge in [-0.05, 0) is 42.8 Å². The highest BCUT2D eigenvalue weighted by Crippen LogP contribution is 2.27. The summed E-state index contributed by atoms with van der Waals surface area (Å²) in [6.07, 6.45) is 0.237. The third-order valence-corrected chi connectivity index (χ3v) is 4.35. The number of nitrogens with zero attached hydrogens (tertiary/aromatic N) is 2. The molecule has 0 spiro atoms. The monoisotopic (exact) mass is 387 g/mol. The van der Waals surface area contributed by atoms with Crippen LogP contribution in [-0.4, -0.2) is 34.6 Å². The lowest BCUT2D eigenvalue weighted by atomic mass is 10.1. The number of hydrogen-bond donors (Lipinski definition) is 0. The second-order valence-corrected chi connectivity index (χ2v) is 6.24. The Morgan fingerprint density at radius 1 is 1.18 bits per heavy atom. The molecule has 9 heteroatoms. The summed E-state index contributed by atoms with van der Waals surface area (Å²) in [5.74, 6) is -3.34. The number of amides is 3. The molecule has 0 bridgehead atoms. The Bertz CT molecular complexity index is 894. The Hall–Kier alpha value is -3.49. The van der Waals surface area contributed by atoms with Crippen molar-refractivity contribution in [1.29, 1.82) is 0 Å². The van der Waals surface area contributed by atoms with E-state index in [4.69, 9.17) is 4.42 Å². The van der Waals surface area contributed by atoms with E-state index in [0.717, 1.165) is 21.9 Å². The molecule has 0 radical (unpaired) electrons. The molecule has 1 saturated heterocycles. The van der Waals surface area contributed by atoms with Crippen LogP contribution in [-0.2, 0) is 25.7 Å². The van der Waals surface area contributed by atoms with E-state index < -0.39 is 42.0 Å². The van der Waals surface area contributed by atoms with Crippen LogP contribution in [0.15, 0.2) is 47.1 Å². The Kier molecular flexibility index (Phi) is 5.53. The molecule has 1 aliphatic heterocycles. The van der Waals surface area contributed by atoms with E-state index in [1.54, 1.807) is 12.1 Å². The van der Waals surface area contributed by atoms with Gasteiger partial charge in [-0.25, -0.2) is 9.29 Å². The van der Waals surface area contributed by atoms with Crippen LogP contribution >= 0.6 is 0 Å². The Morgan fingerprint density at radius 3 is 2.50 bits per heavy atom. The SMILES string of the molecule is O=C([O-])CCC(=O)N(Cc1ccco1)[C@@H]1CC(=O)N(c2ccc(F)cc2)C1=O. The molecule has 3 amide bonds. The topological polar surface area (TPSA) is 111 Å². The number of carboxylic acids is 1. The van der Waals surface area contributed by atoms with Crippen LogP contribution in [0.2, 0.25) is 0 Å². The number of carbonyl (C=O) groups is 4. The zero-order valence-electron chi connectivity index (χ0n) is 14.7. The van der Waals surface area contributed by atoms with Gasteiger partial charge in [0.2, 0.25) is 11.8 Å². The molecule has 3 rings (SSSR count). The quantitative estimate of drug-likeness (QED) is 0.644. The van der Waals surface area contributed by atoms with E-state index >= 15 is 0 Å². The predicted octanol–water partition coefficient (Wildman–Crippen LogP) is 0.609. The fourth-order valence-corrected chi connectivity index (χ4v) is 3.02. The van der Waals surface area contributed by atoms with Crippen molar-refractivity contribution in [3.8, 4) is 0 Å². The molecule has 146 valence electrons. The van der Waals surface area contributed by atoms with Crippen LogP contribution in [0.3, 0.4) is 0 Å². The van der Waals surface area contributed by atoms with Crippen molar-refractivity contribution in [3.63, 3.8) is 0 Å². The molecule has 0 saturated carbocycles. The first-order valence-corrected chi connectivity index (χ1v) is 8.51. The molecule has 0 aliphatic carbocycles. The van der Waals surface area contributed by atoms with E-state index in [9.17, 15) is 28.7 Å². The Balaban J connectivity index is 1.85. The maximum Gasteiger partial charge on any atom is 0.257 e. The summed E-state index contributed by atoms with van der Waals surface area (Å²) in [5, 5.41) is 10.7. The van der Waals surface area contributed by atoms with Gasteiger partial charge in [0.1, 0.15) is 17.6 Å². The van der Waals surface area contributed by atoms with Crippen molar-refractivity contribution in [1.82, 2.24) is 4.90 Å². The fraction of sp³-hybridized carbons (Fsp3) is 0.263. The van der Waals surface area contributed by atoms with E-state index in [2.05, 4.69) is 0 Å². The van der Waals surface area contributed by atoms with Gasteiger partial charge in [0.25, 0.3) is 5.91 Å². The molecule has 2 aromatic rings. The summed E-state index contributed by atoms with van der Waals surface area (Å²) in [7, 11) is 0. The number of carbonyl (C=O) groups excluding carboxylic acids is 4. The largest absolute Gasteiger partial charge is 0.550 e. The van der Waals surface area contributed by atoms with Crippen LogP contribution in [0.25, 0.3) is 0 Å². The molecule has 0 unspecified atom stereocenters. The minimum absolute atomic E-state index is 0.0974. The van der Waals surface area contributed by atoms with Gasteiger partial charge in [0, 0.05) is 12.4 Å². The zero-order valence-corrected chi connectivity index (χ0v) is 14.7. The van der Waals surface area contributed by atoms with Gasteiger partial charge in [0.05, 0.1) is 24.9 Å². The third kappa shape index (κ3) is 4.08. The third-order valence-electron chi connectivity index (χ3n) is 4.35. The highest BCUT2D eigenvalue weighted by Gasteiger charge is 2.44. The predicted molar refractivity (Wildman–Crippen MR) is 90.8 cm³/mol. The summed E-state index contributed by atoms with van der Waals surface area (Å²) >= 11 is 0. The molecule has 1 aromatic carbocycles.